The van der Waals surface area contributed by atoms with Crippen LogP contribution in [0.15, 0.2) is 176 Å². The van der Waals surface area contributed by atoms with Crippen LogP contribution in [0.4, 0.5) is 0 Å². The van der Waals surface area contributed by atoms with E-state index in [0.717, 1.165) is 93.1 Å². The van der Waals surface area contributed by atoms with Crippen LogP contribution in [-0.4, -0.2) is 40.0 Å². The molecular formula is C47H32N8S. The maximum absolute atomic E-state index is 5.08. The fourth-order valence-electron chi connectivity index (χ4n) is 7.54. The van der Waals surface area contributed by atoms with Gasteiger partial charge < -0.3 is 0 Å². The van der Waals surface area contributed by atoms with E-state index in [0.29, 0.717) is 5.82 Å². The maximum Gasteiger partial charge on any atom is 0.150 e. The summed E-state index contributed by atoms with van der Waals surface area (Å²) in [6.07, 6.45) is 11.2. The van der Waals surface area contributed by atoms with E-state index in [2.05, 4.69) is 111 Å². The van der Waals surface area contributed by atoms with Crippen molar-refractivity contribution in [3.63, 3.8) is 0 Å². The van der Waals surface area contributed by atoms with Crippen molar-refractivity contribution in [3.05, 3.63) is 176 Å². The van der Waals surface area contributed by atoms with Gasteiger partial charge in [0.1, 0.15) is 21.7 Å². The molecule has 0 fully saturated rings. The molecule has 4 aromatic carbocycles. The van der Waals surface area contributed by atoms with Crippen LogP contribution in [0.5, 0.6) is 0 Å². The molecule has 6 heterocycles. The van der Waals surface area contributed by atoms with Crippen LogP contribution in [0.25, 0.3) is 87.7 Å². The Labute approximate surface area is 326 Å². The normalized spacial score (nSPS) is 12.1. The Bertz CT molecular complexity index is 3170. The predicted molar refractivity (Wildman–Crippen MR) is 230 cm³/mol. The molecule has 0 aliphatic carbocycles. The molecule has 0 aliphatic heterocycles. The SMILES string of the molecule is C=C(/N=C(\C=C/C)c1cccnc1)n1c2ccccc2c2cccc(-c3nnc(-c4ccc5c(c4)c4ccccc4n5-c4cccc(-c5cccnc5)n4)s3)c21. The highest BCUT2D eigenvalue weighted by atomic mass is 32.1. The third-order valence-corrected chi connectivity index (χ3v) is 11.0. The number of fused-ring (bicyclic) bond motifs is 6. The lowest BCUT2D eigenvalue weighted by Crippen LogP contribution is -2.02. The summed E-state index contributed by atoms with van der Waals surface area (Å²) in [6, 6.07) is 43.7. The fourth-order valence-corrected chi connectivity index (χ4v) is 8.41. The van der Waals surface area contributed by atoms with Crippen molar-refractivity contribution in [2.75, 3.05) is 0 Å². The number of hydrogen-bond donors (Lipinski definition) is 0. The molecule has 266 valence electrons. The summed E-state index contributed by atoms with van der Waals surface area (Å²) in [5.41, 5.74) is 9.63. The van der Waals surface area contributed by atoms with Crippen molar-refractivity contribution in [3.8, 4) is 38.2 Å². The highest BCUT2D eigenvalue weighted by molar-refractivity contribution is 7.18. The van der Waals surface area contributed by atoms with E-state index in [1.165, 1.54) is 0 Å². The summed E-state index contributed by atoms with van der Waals surface area (Å²) in [7, 11) is 0. The zero-order valence-corrected chi connectivity index (χ0v) is 31.1. The molecule has 9 heteroatoms. The monoisotopic (exact) mass is 740 g/mol. The number of allylic oxidation sites excluding steroid dienone is 2. The van der Waals surface area contributed by atoms with Crippen molar-refractivity contribution in [1.82, 2.24) is 34.3 Å². The van der Waals surface area contributed by atoms with Gasteiger partial charge in [-0.05, 0) is 85.8 Å². The summed E-state index contributed by atoms with van der Waals surface area (Å²) in [5.74, 6) is 1.43. The van der Waals surface area contributed by atoms with Gasteiger partial charge in [0.05, 0.1) is 33.5 Å². The van der Waals surface area contributed by atoms with Crippen molar-refractivity contribution < 1.29 is 0 Å². The second-order valence-corrected chi connectivity index (χ2v) is 14.3. The Morgan fingerprint density at radius 2 is 1.39 bits per heavy atom. The highest BCUT2D eigenvalue weighted by Gasteiger charge is 2.21. The number of para-hydroxylation sites is 3. The predicted octanol–water partition coefficient (Wildman–Crippen LogP) is 11.4. The van der Waals surface area contributed by atoms with Gasteiger partial charge in [-0.1, -0.05) is 78.6 Å². The fraction of sp³-hybridized carbons (Fsp3) is 0.0213. The van der Waals surface area contributed by atoms with Crippen molar-refractivity contribution >= 4 is 66.5 Å². The zero-order chi connectivity index (χ0) is 37.6. The molecular weight excluding hydrogens is 709 g/mol. The molecule has 8 nitrogen and oxygen atoms in total. The van der Waals surface area contributed by atoms with Crippen LogP contribution in [0, 0.1) is 0 Å². The molecule has 0 spiro atoms. The molecule has 6 aromatic heterocycles. The van der Waals surface area contributed by atoms with E-state index in [9.17, 15) is 0 Å². The summed E-state index contributed by atoms with van der Waals surface area (Å²) < 4.78 is 4.37. The van der Waals surface area contributed by atoms with Crippen molar-refractivity contribution in [2.24, 2.45) is 4.99 Å². The highest BCUT2D eigenvalue weighted by Crippen LogP contribution is 2.41. The average Bonchev–Trinajstić information content (AvgIpc) is 3.97. The molecule has 0 amide bonds. The second-order valence-electron chi connectivity index (χ2n) is 13.3. The minimum absolute atomic E-state index is 0.590. The summed E-state index contributed by atoms with van der Waals surface area (Å²) in [4.78, 5) is 18.8. The number of nitrogens with zero attached hydrogens (tertiary/aromatic N) is 8. The van der Waals surface area contributed by atoms with Crippen LogP contribution in [-0.2, 0) is 0 Å². The summed E-state index contributed by atoms with van der Waals surface area (Å²) in [6.45, 7) is 6.49. The quantitative estimate of drug-likeness (QED) is 0.145. The van der Waals surface area contributed by atoms with Gasteiger partial charge in [-0.3, -0.25) is 19.1 Å². The lowest BCUT2D eigenvalue weighted by Gasteiger charge is -2.11. The maximum atomic E-state index is 5.08. The lowest BCUT2D eigenvalue weighted by molar-refractivity contribution is 1.08. The van der Waals surface area contributed by atoms with Gasteiger partial charge in [-0.2, -0.15) is 0 Å². The van der Waals surface area contributed by atoms with Crippen LogP contribution < -0.4 is 0 Å². The van der Waals surface area contributed by atoms with E-state index < -0.39 is 0 Å². The van der Waals surface area contributed by atoms with Crippen LogP contribution in [0.1, 0.15) is 12.5 Å². The standard InChI is InChI=1S/C47H32N8S/c1-3-12-39(32-13-10-25-48-28-32)50-30(2)54-41-20-6-4-15-34(41)36-17-8-18-37(45(36)54)47-53-52-46(56-47)31-23-24-43-38(27-31)35-16-5-7-21-42(35)55(43)44-22-9-19-40(51-44)33-14-11-26-49-29-33/h3-29H,2H2,1H3/b12-3-,50-39+. The molecule has 0 aliphatic rings. The van der Waals surface area contributed by atoms with Gasteiger partial charge in [-0.15, -0.1) is 10.2 Å². The molecule has 0 radical (unpaired) electrons. The van der Waals surface area contributed by atoms with Crippen molar-refractivity contribution in [2.45, 2.75) is 6.92 Å². The molecule has 0 saturated heterocycles. The Morgan fingerprint density at radius 3 is 2.20 bits per heavy atom. The first-order valence-corrected chi connectivity index (χ1v) is 19.1. The zero-order valence-electron chi connectivity index (χ0n) is 30.3. The lowest BCUT2D eigenvalue weighted by atomic mass is 10.1. The third kappa shape index (κ3) is 5.61. The van der Waals surface area contributed by atoms with Gasteiger partial charge >= 0.3 is 0 Å². The molecule has 0 saturated carbocycles. The van der Waals surface area contributed by atoms with Gasteiger partial charge in [0, 0.05) is 68.6 Å². The first-order chi connectivity index (χ1) is 27.7. The second kappa shape index (κ2) is 13.8. The Morgan fingerprint density at radius 1 is 0.661 bits per heavy atom. The van der Waals surface area contributed by atoms with E-state index in [-0.39, 0.29) is 0 Å². The minimum atomic E-state index is 0.590. The van der Waals surface area contributed by atoms with Gasteiger partial charge in [-0.25, -0.2) is 9.98 Å². The topological polar surface area (TPSA) is 86.7 Å². The van der Waals surface area contributed by atoms with Gasteiger partial charge in [0.25, 0.3) is 0 Å². The number of rotatable bonds is 8. The molecule has 10 rings (SSSR count). The van der Waals surface area contributed by atoms with E-state index >= 15 is 0 Å². The number of hydrogen-bond acceptors (Lipinski definition) is 7. The summed E-state index contributed by atoms with van der Waals surface area (Å²) in [5, 5.41) is 15.7. The first kappa shape index (κ1) is 33.2. The largest absolute Gasteiger partial charge is 0.294 e. The first-order valence-electron chi connectivity index (χ1n) is 18.2. The molecule has 10 aromatic rings. The Balaban J connectivity index is 1.09. The molecule has 0 bridgehead atoms. The summed E-state index contributed by atoms with van der Waals surface area (Å²) >= 11 is 1.57. The van der Waals surface area contributed by atoms with E-state index in [1.54, 1.807) is 23.7 Å². The van der Waals surface area contributed by atoms with Crippen LogP contribution >= 0.6 is 11.3 Å². The number of benzene rings is 4. The van der Waals surface area contributed by atoms with Gasteiger partial charge in [0.2, 0.25) is 0 Å². The minimum Gasteiger partial charge on any atom is -0.294 e. The smallest absolute Gasteiger partial charge is 0.150 e. The molecule has 0 atom stereocenters. The Kier molecular flexibility index (Phi) is 8.19. The molecule has 56 heavy (non-hydrogen) atoms. The number of aromatic nitrogens is 7. The molecule has 0 N–H and O–H groups in total. The third-order valence-electron chi connectivity index (χ3n) is 9.98. The van der Waals surface area contributed by atoms with Crippen LogP contribution in [0.3, 0.4) is 0 Å². The molecule has 0 unspecified atom stereocenters. The Hall–Kier alpha value is -7.36. The van der Waals surface area contributed by atoms with Crippen LogP contribution in [0.2, 0.25) is 0 Å². The van der Waals surface area contributed by atoms with Crippen molar-refractivity contribution in [1.29, 1.82) is 0 Å². The van der Waals surface area contributed by atoms with Gasteiger partial charge in [0.15, 0.2) is 0 Å². The van der Waals surface area contributed by atoms with E-state index in [1.807, 2.05) is 73.9 Å². The number of aliphatic imine (C=N–C) groups is 1. The van der Waals surface area contributed by atoms with E-state index in [4.69, 9.17) is 20.2 Å². The average molecular weight is 741 g/mol. The number of pyridine rings is 3.